The van der Waals surface area contributed by atoms with Crippen molar-refractivity contribution in [1.29, 1.82) is 0 Å². The minimum Gasteiger partial charge on any atom is -0.394 e. The second-order valence-corrected chi connectivity index (χ2v) is 17.8. The molecule has 10 nitrogen and oxygen atoms in total. The van der Waals surface area contributed by atoms with E-state index in [2.05, 4.69) is 19.2 Å². The third-order valence-electron chi connectivity index (χ3n) is 12.3. The number of hydrogen-bond donors (Lipinski definition) is 7. The van der Waals surface area contributed by atoms with Crippen LogP contribution in [-0.4, -0.2) is 98.7 Å². The summed E-state index contributed by atoms with van der Waals surface area (Å²) in [6.45, 7) is 3.63. The zero-order valence-electron chi connectivity index (χ0n) is 37.7. The summed E-state index contributed by atoms with van der Waals surface area (Å²) in [5.41, 5.74) is 0. The van der Waals surface area contributed by atoms with Crippen molar-refractivity contribution in [2.24, 2.45) is 0 Å². The van der Waals surface area contributed by atoms with Crippen LogP contribution in [0.1, 0.15) is 239 Å². The fourth-order valence-corrected chi connectivity index (χ4v) is 8.26. The first-order valence-electron chi connectivity index (χ1n) is 24.8. The minimum atomic E-state index is -1.60. The molecule has 1 rings (SSSR count). The molecule has 0 aliphatic carbocycles. The van der Waals surface area contributed by atoms with Crippen molar-refractivity contribution in [2.45, 2.75) is 288 Å². The van der Waals surface area contributed by atoms with E-state index in [4.69, 9.17) is 9.47 Å². The predicted molar refractivity (Wildman–Crippen MR) is 237 cm³/mol. The molecule has 1 saturated heterocycles. The molecule has 0 radical (unpaired) electrons. The van der Waals surface area contributed by atoms with Crippen molar-refractivity contribution in [2.75, 3.05) is 13.2 Å². The van der Waals surface area contributed by atoms with Gasteiger partial charge in [0, 0.05) is 6.42 Å². The lowest BCUT2D eigenvalue weighted by atomic mass is 9.98. The minimum absolute atomic E-state index is 0.253. The monoisotopic (exact) mass is 830 g/mol. The zero-order valence-corrected chi connectivity index (χ0v) is 37.7. The average molecular weight is 830 g/mol. The maximum absolute atomic E-state index is 13.0. The van der Waals surface area contributed by atoms with Crippen molar-refractivity contribution >= 4 is 5.91 Å². The summed E-state index contributed by atoms with van der Waals surface area (Å²) in [4.78, 5) is 13.0. The number of ether oxygens (including phenoxy) is 2. The van der Waals surface area contributed by atoms with Crippen LogP contribution in [0.15, 0.2) is 0 Å². The Kier molecular flexibility index (Phi) is 37.1. The van der Waals surface area contributed by atoms with Gasteiger partial charge < -0.3 is 45.4 Å². The lowest BCUT2D eigenvalue weighted by molar-refractivity contribution is -0.303. The van der Waals surface area contributed by atoms with Gasteiger partial charge in [-0.05, 0) is 12.8 Å². The topological polar surface area (TPSA) is 169 Å². The quantitative estimate of drug-likeness (QED) is 0.0296. The van der Waals surface area contributed by atoms with Gasteiger partial charge in [0.05, 0.1) is 25.4 Å². The first kappa shape index (κ1) is 55.2. The number of hydrogen-bond acceptors (Lipinski definition) is 9. The lowest BCUT2D eigenvalue weighted by Crippen LogP contribution is -2.60. The van der Waals surface area contributed by atoms with Gasteiger partial charge in [-0.3, -0.25) is 4.79 Å². The summed E-state index contributed by atoms with van der Waals surface area (Å²) < 4.78 is 11.2. The number of amides is 1. The van der Waals surface area contributed by atoms with Gasteiger partial charge in [0.25, 0.3) is 0 Å². The van der Waals surface area contributed by atoms with E-state index in [0.717, 1.165) is 38.5 Å². The van der Waals surface area contributed by atoms with Crippen LogP contribution in [0.5, 0.6) is 0 Å². The molecule has 346 valence electrons. The highest BCUT2D eigenvalue weighted by Crippen LogP contribution is 2.23. The fourth-order valence-electron chi connectivity index (χ4n) is 8.26. The number of nitrogens with one attached hydrogen (secondary N) is 1. The van der Waals surface area contributed by atoms with E-state index < -0.39 is 55.6 Å². The second kappa shape index (κ2) is 39.0. The summed E-state index contributed by atoms with van der Waals surface area (Å²) in [6.07, 6.45) is 32.4. The highest BCUT2D eigenvalue weighted by Gasteiger charge is 2.44. The Bertz CT molecular complexity index is 895. The SMILES string of the molecule is CCCCCCCCCCCCCCCCCCCC(=O)N[C@@H](CO[C@@H]1O[C@H](CO)[C@@H](O)C(O)C1O)[C@H](O)[C@H](O)CCCCCCCCCCCCCCCCCC. The Morgan fingerprint density at radius 3 is 1.28 bits per heavy atom. The Hall–Kier alpha value is -0.850. The van der Waals surface area contributed by atoms with Crippen molar-refractivity contribution in [3.63, 3.8) is 0 Å². The van der Waals surface area contributed by atoms with Gasteiger partial charge in [0.2, 0.25) is 5.91 Å². The van der Waals surface area contributed by atoms with Crippen molar-refractivity contribution < 1.29 is 44.9 Å². The van der Waals surface area contributed by atoms with E-state index in [1.807, 2.05) is 0 Å². The molecule has 1 fully saturated rings. The van der Waals surface area contributed by atoms with E-state index in [1.54, 1.807) is 0 Å². The van der Waals surface area contributed by atoms with E-state index in [9.17, 15) is 35.4 Å². The first-order chi connectivity index (χ1) is 28.3. The Balaban J connectivity index is 2.34. The number of unbranched alkanes of at least 4 members (excludes halogenated alkanes) is 31. The highest BCUT2D eigenvalue weighted by atomic mass is 16.7. The largest absolute Gasteiger partial charge is 0.394 e. The van der Waals surface area contributed by atoms with Gasteiger partial charge >= 0.3 is 0 Å². The van der Waals surface area contributed by atoms with Crippen LogP contribution in [0.4, 0.5) is 0 Å². The molecule has 0 saturated carbocycles. The van der Waals surface area contributed by atoms with Crippen LogP contribution in [0.25, 0.3) is 0 Å². The second-order valence-electron chi connectivity index (χ2n) is 17.8. The van der Waals surface area contributed by atoms with Crippen LogP contribution in [-0.2, 0) is 14.3 Å². The standard InChI is InChI=1S/C48H95NO9/c1-3-5-7-9-11-13-15-17-19-21-23-25-27-29-31-33-35-37-43(52)49-40(39-57-48-47(56)46(55)45(54)42(38-50)58-48)44(53)41(51)36-34-32-30-28-26-24-22-20-18-16-14-12-10-8-6-4-2/h40-42,44-48,50-51,53-56H,3-39H2,1-2H3,(H,49,52)/t40-,41+,42+,44-,45+,46?,47?,48+/m0/s1. The number of aliphatic hydroxyl groups is 6. The summed E-state index contributed by atoms with van der Waals surface area (Å²) in [6, 6.07) is -0.985. The molecule has 7 N–H and O–H groups in total. The Morgan fingerprint density at radius 2 is 0.897 bits per heavy atom. The summed E-state index contributed by atoms with van der Waals surface area (Å²) in [7, 11) is 0. The molecule has 10 heteroatoms. The molecule has 0 bridgehead atoms. The molecular formula is C48H95NO9. The molecule has 0 spiro atoms. The molecule has 8 atom stereocenters. The molecule has 1 heterocycles. The van der Waals surface area contributed by atoms with Crippen molar-refractivity contribution in [1.82, 2.24) is 5.32 Å². The van der Waals surface area contributed by atoms with Gasteiger partial charge in [-0.1, -0.05) is 219 Å². The van der Waals surface area contributed by atoms with Crippen LogP contribution >= 0.6 is 0 Å². The third-order valence-corrected chi connectivity index (χ3v) is 12.3. The van der Waals surface area contributed by atoms with Crippen LogP contribution in [0.3, 0.4) is 0 Å². The molecule has 0 aromatic heterocycles. The van der Waals surface area contributed by atoms with Gasteiger partial charge in [-0.15, -0.1) is 0 Å². The van der Waals surface area contributed by atoms with Crippen molar-refractivity contribution in [3.8, 4) is 0 Å². The summed E-state index contributed by atoms with van der Waals surface area (Å²) >= 11 is 0. The van der Waals surface area contributed by atoms with Gasteiger partial charge in [-0.2, -0.15) is 0 Å². The average Bonchev–Trinajstić information content (AvgIpc) is 3.22. The summed E-state index contributed by atoms with van der Waals surface area (Å²) in [5, 5.41) is 65.3. The molecule has 1 aliphatic rings. The van der Waals surface area contributed by atoms with E-state index in [-0.39, 0.29) is 18.9 Å². The van der Waals surface area contributed by atoms with Gasteiger partial charge in [0.1, 0.15) is 30.5 Å². The fraction of sp³-hybridized carbons (Fsp3) is 0.979. The maximum Gasteiger partial charge on any atom is 0.220 e. The molecule has 58 heavy (non-hydrogen) atoms. The number of carbonyl (C=O) groups excluding carboxylic acids is 1. The normalized spacial score (nSPS) is 21.3. The third kappa shape index (κ3) is 28.6. The molecule has 0 aromatic carbocycles. The van der Waals surface area contributed by atoms with Crippen LogP contribution in [0, 0.1) is 0 Å². The Labute approximate surface area is 356 Å². The molecule has 2 unspecified atom stereocenters. The van der Waals surface area contributed by atoms with E-state index in [1.165, 1.54) is 173 Å². The smallest absolute Gasteiger partial charge is 0.220 e. The predicted octanol–water partition coefficient (Wildman–Crippen LogP) is 9.70. The molecule has 1 amide bonds. The van der Waals surface area contributed by atoms with Crippen LogP contribution in [0.2, 0.25) is 0 Å². The Morgan fingerprint density at radius 1 is 0.534 bits per heavy atom. The van der Waals surface area contributed by atoms with Gasteiger partial charge in [0.15, 0.2) is 6.29 Å². The lowest BCUT2D eigenvalue weighted by Gasteiger charge is -2.40. The highest BCUT2D eigenvalue weighted by molar-refractivity contribution is 5.76. The van der Waals surface area contributed by atoms with Crippen LogP contribution < -0.4 is 5.32 Å². The zero-order chi connectivity index (χ0) is 42.5. The van der Waals surface area contributed by atoms with E-state index >= 15 is 0 Å². The first-order valence-corrected chi connectivity index (χ1v) is 24.8. The summed E-state index contributed by atoms with van der Waals surface area (Å²) in [5.74, 6) is -0.253. The number of rotatable bonds is 42. The van der Waals surface area contributed by atoms with E-state index in [0.29, 0.717) is 6.42 Å². The number of aliphatic hydroxyl groups excluding tert-OH is 6. The maximum atomic E-state index is 13.0. The molecule has 0 aromatic rings. The van der Waals surface area contributed by atoms with Gasteiger partial charge in [-0.25, -0.2) is 0 Å². The number of carbonyl (C=O) groups is 1. The molecular weight excluding hydrogens is 735 g/mol. The van der Waals surface area contributed by atoms with Crippen molar-refractivity contribution in [3.05, 3.63) is 0 Å². The molecule has 1 aliphatic heterocycles.